The van der Waals surface area contributed by atoms with Crippen molar-refractivity contribution in [1.29, 1.82) is 0 Å². The molecule has 2 rings (SSSR count). The molecule has 0 saturated carbocycles. The number of methoxy groups -OCH3 is 1. The predicted molar refractivity (Wildman–Crippen MR) is 72.3 cm³/mol. The average Bonchev–Trinajstić information content (AvgIpc) is 2.46. The zero-order valence-corrected chi connectivity index (χ0v) is 11.2. The molecule has 5 nitrogen and oxygen atoms in total. The van der Waals surface area contributed by atoms with Gasteiger partial charge in [-0.1, -0.05) is 11.6 Å². The highest BCUT2D eigenvalue weighted by Gasteiger charge is 2.12. The summed E-state index contributed by atoms with van der Waals surface area (Å²) < 4.78 is 10.9. The highest BCUT2D eigenvalue weighted by atomic mass is 35.5. The molecule has 1 aromatic carbocycles. The molecule has 0 spiro atoms. The van der Waals surface area contributed by atoms with Crippen molar-refractivity contribution in [3.8, 4) is 11.5 Å². The van der Waals surface area contributed by atoms with Crippen molar-refractivity contribution in [3.63, 3.8) is 0 Å². The number of nitrogens with two attached hydrogens (primary N) is 1. The zero-order chi connectivity index (χ0) is 13.7. The van der Waals surface area contributed by atoms with Gasteiger partial charge >= 0.3 is 0 Å². The summed E-state index contributed by atoms with van der Waals surface area (Å²) in [6.45, 7) is 0.608. The standard InChI is InChI=1S/C13H14ClN3O2/c1-18-11-6-9(7-15)5-10(14)13(11)19-8-12-16-3-2-4-17-12/h2-6H,7-8,15H2,1H3. The van der Waals surface area contributed by atoms with Crippen LogP contribution >= 0.6 is 11.6 Å². The fourth-order valence-corrected chi connectivity index (χ4v) is 1.86. The highest BCUT2D eigenvalue weighted by molar-refractivity contribution is 6.32. The first-order chi connectivity index (χ1) is 9.24. The lowest BCUT2D eigenvalue weighted by atomic mass is 10.2. The molecule has 1 heterocycles. The lowest BCUT2D eigenvalue weighted by molar-refractivity contribution is 0.276. The Morgan fingerprint density at radius 3 is 2.63 bits per heavy atom. The van der Waals surface area contributed by atoms with Gasteiger partial charge < -0.3 is 15.2 Å². The highest BCUT2D eigenvalue weighted by Crippen LogP contribution is 2.36. The summed E-state index contributed by atoms with van der Waals surface area (Å²) in [5.74, 6) is 1.58. The molecule has 19 heavy (non-hydrogen) atoms. The minimum atomic E-state index is 0.221. The lowest BCUT2D eigenvalue weighted by Crippen LogP contribution is -2.03. The molecule has 6 heteroatoms. The van der Waals surface area contributed by atoms with Gasteiger partial charge in [-0.15, -0.1) is 0 Å². The molecule has 0 unspecified atom stereocenters. The van der Waals surface area contributed by atoms with Crippen molar-refractivity contribution in [2.75, 3.05) is 7.11 Å². The molecule has 0 bridgehead atoms. The monoisotopic (exact) mass is 279 g/mol. The number of benzene rings is 1. The van der Waals surface area contributed by atoms with Crippen molar-refractivity contribution in [1.82, 2.24) is 9.97 Å². The van der Waals surface area contributed by atoms with Crippen LogP contribution in [-0.4, -0.2) is 17.1 Å². The van der Waals surface area contributed by atoms with E-state index in [1.54, 1.807) is 37.7 Å². The van der Waals surface area contributed by atoms with Crippen LogP contribution in [0.15, 0.2) is 30.6 Å². The molecule has 100 valence electrons. The van der Waals surface area contributed by atoms with E-state index in [2.05, 4.69) is 9.97 Å². The second-order valence-electron chi connectivity index (χ2n) is 3.77. The summed E-state index contributed by atoms with van der Waals surface area (Å²) in [4.78, 5) is 8.15. The van der Waals surface area contributed by atoms with Crippen LogP contribution in [0, 0.1) is 0 Å². The number of rotatable bonds is 5. The normalized spacial score (nSPS) is 10.3. The van der Waals surface area contributed by atoms with Crippen LogP contribution in [0.5, 0.6) is 11.5 Å². The van der Waals surface area contributed by atoms with Crippen LogP contribution in [-0.2, 0) is 13.2 Å². The van der Waals surface area contributed by atoms with E-state index in [4.69, 9.17) is 26.8 Å². The lowest BCUT2D eigenvalue weighted by Gasteiger charge is -2.13. The minimum Gasteiger partial charge on any atom is -0.493 e. The first kappa shape index (κ1) is 13.6. The van der Waals surface area contributed by atoms with E-state index < -0.39 is 0 Å². The number of hydrogen-bond donors (Lipinski definition) is 1. The largest absolute Gasteiger partial charge is 0.493 e. The Labute approximate surface area is 116 Å². The molecule has 0 aliphatic heterocycles. The molecule has 1 aromatic heterocycles. The van der Waals surface area contributed by atoms with Gasteiger partial charge in [-0.2, -0.15) is 0 Å². The van der Waals surface area contributed by atoms with Crippen molar-refractivity contribution in [3.05, 3.63) is 47.0 Å². The molecule has 2 aromatic rings. The zero-order valence-electron chi connectivity index (χ0n) is 10.5. The first-order valence-corrected chi connectivity index (χ1v) is 6.07. The van der Waals surface area contributed by atoms with Gasteiger partial charge in [0.05, 0.1) is 12.1 Å². The second-order valence-corrected chi connectivity index (χ2v) is 4.17. The molecular weight excluding hydrogens is 266 g/mol. The van der Waals surface area contributed by atoms with E-state index in [9.17, 15) is 0 Å². The maximum atomic E-state index is 6.16. The van der Waals surface area contributed by atoms with Crippen LogP contribution < -0.4 is 15.2 Å². The van der Waals surface area contributed by atoms with Crippen molar-refractivity contribution < 1.29 is 9.47 Å². The van der Waals surface area contributed by atoms with E-state index in [0.717, 1.165) is 5.56 Å². The Bertz CT molecular complexity index is 549. The number of aromatic nitrogens is 2. The quantitative estimate of drug-likeness (QED) is 0.908. The molecule has 0 saturated heterocycles. The Hall–Kier alpha value is -1.85. The number of nitrogens with zero attached hydrogens (tertiary/aromatic N) is 2. The molecule has 0 aliphatic carbocycles. The van der Waals surface area contributed by atoms with Crippen LogP contribution in [0.2, 0.25) is 5.02 Å². The summed E-state index contributed by atoms with van der Waals surface area (Å²) in [5.41, 5.74) is 6.46. The molecule has 0 amide bonds. The Morgan fingerprint density at radius 2 is 2.00 bits per heavy atom. The molecule has 2 N–H and O–H groups in total. The average molecular weight is 280 g/mol. The predicted octanol–water partition coefficient (Wildman–Crippen LogP) is 2.18. The Morgan fingerprint density at radius 1 is 1.26 bits per heavy atom. The Kier molecular flexibility index (Phi) is 4.54. The number of halogens is 1. The van der Waals surface area contributed by atoms with E-state index in [1.807, 2.05) is 0 Å². The van der Waals surface area contributed by atoms with Crippen LogP contribution in [0.3, 0.4) is 0 Å². The Balaban J connectivity index is 2.20. The van der Waals surface area contributed by atoms with Crippen molar-refractivity contribution >= 4 is 11.6 Å². The van der Waals surface area contributed by atoms with E-state index in [1.165, 1.54) is 0 Å². The van der Waals surface area contributed by atoms with Gasteiger partial charge in [0.2, 0.25) is 0 Å². The summed E-state index contributed by atoms with van der Waals surface area (Å²) in [6.07, 6.45) is 3.31. The molecule has 0 fully saturated rings. The van der Waals surface area contributed by atoms with Crippen LogP contribution in [0.25, 0.3) is 0 Å². The summed E-state index contributed by atoms with van der Waals surface area (Å²) in [7, 11) is 1.55. The fraction of sp³-hybridized carbons (Fsp3) is 0.231. The number of ether oxygens (including phenoxy) is 2. The van der Waals surface area contributed by atoms with Crippen molar-refractivity contribution in [2.45, 2.75) is 13.2 Å². The third-order valence-electron chi connectivity index (χ3n) is 2.49. The third kappa shape index (κ3) is 3.33. The molecule has 0 radical (unpaired) electrons. The maximum Gasteiger partial charge on any atom is 0.180 e. The fourth-order valence-electron chi connectivity index (χ4n) is 1.57. The topological polar surface area (TPSA) is 70.3 Å². The van der Waals surface area contributed by atoms with Gasteiger partial charge in [-0.05, 0) is 23.8 Å². The molecule has 0 aliphatic rings. The van der Waals surface area contributed by atoms with Gasteiger partial charge in [-0.3, -0.25) is 0 Å². The number of hydrogen-bond acceptors (Lipinski definition) is 5. The van der Waals surface area contributed by atoms with E-state index in [0.29, 0.717) is 28.9 Å². The smallest absolute Gasteiger partial charge is 0.180 e. The summed E-state index contributed by atoms with van der Waals surface area (Å²) >= 11 is 6.16. The maximum absolute atomic E-state index is 6.16. The second kappa shape index (κ2) is 6.36. The van der Waals surface area contributed by atoms with Gasteiger partial charge in [0.1, 0.15) is 6.61 Å². The van der Waals surface area contributed by atoms with Gasteiger partial charge in [-0.25, -0.2) is 9.97 Å². The summed E-state index contributed by atoms with van der Waals surface area (Å²) in [5, 5.41) is 0.454. The van der Waals surface area contributed by atoms with Gasteiger partial charge in [0.25, 0.3) is 0 Å². The van der Waals surface area contributed by atoms with Gasteiger partial charge in [0.15, 0.2) is 17.3 Å². The van der Waals surface area contributed by atoms with E-state index in [-0.39, 0.29) is 6.61 Å². The molecule has 0 atom stereocenters. The molecular formula is C13H14ClN3O2. The summed E-state index contributed by atoms with van der Waals surface area (Å²) in [6, 6.07) is 5.30. The van der Waals surface area contributed by atoms with Crippen molar-refractivity contribution in [2.24, 2.45) is 5.73 Å². The SMILES string of the molecule is COc1cc(CN)cc(Cl)c1OCc1ncccn1. The van der Waals surface area contributed by atoms with Crippen LogP contribution in [0.4, 0.5) is 0 Å². The third-order valence-corrected chi connectivity index (χ3v) is 2.77. The first-order valence-electron chi connectivity index (χ1n) is 5.69. The minimum absolute atomic E-state index is 0.221. The van der Waals surface area contributed by atoms with Gasteiger partial charge in [0, 0.05) is 18.9 Å². The van der Waals surface area contributed by atoms with Crippen LogP contribution in [0.1, 0.15) is 11.4 Å². The van der Waals surface area contributed by atoms with E-state index >= 15 is 0 Å².